The fraction of sp³-hybridized carbons (Fsp3) is 0.0625. The van der Waals surface area contributed by atoms with E-state index in [1.54, 1.807) is 12.3 Å². The van der Waals surface area contributed by atoms with Crippen LogP contribution in [0.1, 0.15) is 5.56 Å². The number of allylic oxidation sites excluding steroid dienone is 6. The Morgan fingerprint density at radius 2 is 1.90 bits per heavy atom. The Kier molecular flexibility index (Phi) is 4.54. The van der Waals surface area contributed by atoms with Crippen LogP contribution in [0.25, 0.3) is 5.57 Å². The van der Waals surface area contributed by atoms with E-state index >= 15 is 0 Å². The molecule has 0 bridgehead atoms. The van der Waals surface area contributed by atoms with Crippen LogP contribution in [0, 0.1) is 5.82 Å². The van der Waals surface area contributed by atoms with Gasteiger partial charge in [-0.15, -0.1) is 24.0 Å². The Bertz CT molecular complexity index is 653. The second-order valence-electron chi connectivity index (χ2n) is 4.51. The SMILES string of the molecule is CN1C=CC(=CC=C2C=Nc3ccc(F)cc32)C=C1.I. The van der Waals surface area contributed by atoms with E-state index in [4.69, 9.17) is 0 Å². The van der Waals surface area contributed by atoms with E-state index in [1.165, 1.54) is 12.1 Å². The maximum atomic E-state index is 13.2. The molecule has 0 saturated carbocycles. The highest BCUT2D eigenvalue weighted by Gasteiger charge is 2.11. The van der Waals surface area contributed by atoms with Gasteiger partial charge in [0.1, 0.15) is 5.82 Å². The van der Waals surface area contributed by atoms with Gasteiger partial charge in [-0.2, -0.15) is 0 Å². The molecule has 0 saturated heterocycles. The molecule has 4 heteroatoms. The predicted molar refractivity (Wildman–Crippen MR) is 92.1 cm³/mol. The fourth-order valence-electron chi connectivity index (χ4n) is 2.00. The van der Waals surface area contributed by atoms with E-state index in [0.717, 1.165) is 22.4 Å². The van der Waals surface area contributed by atoms with Crippen molar-refractivity contribution in [2.45, 2.75) is 0 Å². The number of halogens is 2. The first-order valence-corrected chi connectivity index (χ1v) is 6.07. The van der Waals surface area contributed by atoms with Gasteiger partial charge >= 0.3 is 0 Å². The molecule has 2 heterocycles. The Morgan fingerprint density at radius 3 is 2.65 bits per heavy atom. The van der Waals surface area contributed by atoms with Crippen LogP contribution in [-0.2, 0) is 0 Å². The molecule has 0 fully saturated rings. The molecule has 0 N–H and O–H groups in total. The van der Waals surface area contributed by atoms with Gasteiger partial charge in [0.15, 0.2) is 0 Å². The van der Waals surface area contributed by atoms with E-state index in [1.807, 2.05) is 48.7 Å². The largest absolute Gasteiger partial charge is 0.357 e. The normalized spacial score (nSPS) is 17.4. The molecule has 0 radical (unpaired) electrons. The van der Waals surface area contributed by atoms with Gasteiger partial charge in [-0.05, 0) is 35.9 Å². The lowest BCUT2D eigenvalue weighted by Gasteiger charge is -2.11. The topological polar surface area (TPSA) is 15.6 Å². The maximum absolute atomic E-state index is 13.2. The van der Waals surface area contributed by atoms with Crippen LogP contribution in [0.2, 0.25) is 0 Å². The number of hydrogen-bond acceptors (Lipinski definition) is 2. The summed E-state index contributed by atoms with van der Waals surface area (Å²) < 4.78 is 13.2. The van der Waals surface area contributed by atoms with E-state index in [-0.39, 0.29) is 29.8 Å². The molecule has 0 aliphatic carbocycles. The molecule has 0 atom stereocenters. The zero-order valence-electron chi connectivity index (χ0n) is 11.0. The number of aliphatic imine (C=N–C) groups is 1. The summed E-state index contributed by atoms with van der Waals surface area (Å²) in [6, 6.07) is 4.65. The van der Waals surface area contributed by atoms with E-state index in [0.29, 0.717) is 0 Å². The first kappa shape index (κ1) is 14.7. The van der Waals surface area contributed by atoms with E-state index in [9.17, 15) is 4.39 Å². The van der Waals surface area contributed by atoms with E-state index in [2.05, 4.69) is 4.99 Å². The summed E-state index contributed by atoms with van der Waals surface area (Å²) >= 11 is 0. The summed E-state index contributed by atoms with van der Waals surface area (Å²) in [4.78, 5) is 6.24. The molecule has 1 aromatic rings. The summed E-state index contributed by atoms with van der Waals surface area (Å²) in [5.41, 5.74) is 3.70. The Morgan fingerprint density at radius 1 is 1.15 bits per heavy atom. The van der Waals surface area contributed by atoms with Crippen molar-refractivity contribution < 1.29 is 4.39 Å². The standard InChI is InChI=1S/C16H13FN2.HI/c1-19-8-6-12(7-9-19)2-3-13-11-18-16-5-4-14(17)10-15(13)16;/h2-11H,1H3;1H. The van der Waals surface area contributed by atoms with Gasteiger partial charge in [-0.25, -0.2) is 4.39 Å². The smallest absolute Gasteiger partial charge is 0.123 e. The zero-order valence-corrected chi connectivity index (χ0v) is 13.3. The van der Waals surface area contributed by atoms with Crippen molar-refractivity contribution in [3.63, 3.8) is 0 Å². The van der Waals surface area contributed by atoms with Crippen molar-refractivity contribution in [1.82, 2.24) is 4.90 Å². The molecule has 2 aliphatic heterocycles. The van der Waals surface area contributed by atoms with Crippen molar-refractivity contribution in [2.24, 2.45) is 4.99 Å². The fourth-order valence-corrected chi connectivity index (χ4v) is 2.00. The van der Waals surface area contributed by atoms with Gasteiger partial charge in [-0.3, -0.25) is 4.99 Å². The summed E-state index contributed by atoms with van der Waals surface area (Å²) in [5, 5.41) is 0. The molecule has 102 valence electrons. The van der Waals surface area contributed by atoms with Crippen molar-refractivity contribution in [1.29, 1.82) is 0 Å². The summed E-state index contributed by atoms with van der Waals surface area (Å²) in [5.74, 6) is -0.234. The third-order valence-corrected chi connectivity index (χ3v) is 3.07. The molecule has 2 aliphatic rings. The summed E-state index contributed by atoms with van der Waals surface area (Å²) in [6.45, 7) is 0. The molecule has 1 aromatic carbocycles. The first-order chi connectivity index (χ1) is 9.22. The molecule has 0 spiro atoms. The van der Waals surface area contributed by atoms with Crippen molar-refractivity contribution in [3.05, 3.63) is 71.9 Å². The third-order valence-electron chi connectivity index (χ3n) is 3.07. The first-order valence-electron chi connectivity index (χ1n) is 6.07. The van der Waals surface area contributed by atoms with E-state index < -0.39 is 0 Å². The van der Waals surface area contributed by atoms with Crippen molar-refractivity contribution >= 4 is 41.5 Å². The minimum atomic E-state index is -0.234. The van der Waals surface area contributed by atoms with Crippen LogP contribution < -0.4 is 0 Å². The second kappa shape index (κ2) is 6.17. The molecular weight excluding hydrogens is 366 g/mol. The quantitative estimate of drug-likeness (QED) is 0.658. The molecule has 0 aromatic heterocycles. The van der Waals surface area contributed by atoms with Crippen LogP contribution in [0.5, 0.6) is 0 Å². The van der Waals surface area contributed by atoms with Crippen LogP contribution in [0.4, 0.5) is 10.1 Å². The van der Waals surface area contributed by atoms with Crippen molar-refractivity contribution in [2.75, 3.05) is 7.05 Å². The number of hydrogen-bond donors (Lipinski definition) is 0. The zero-order chi connectivity index (χ0) is 13.2. The molecule has 2 nitrogen and oxygen atoms in total. The number of nitrogens with zero attached hydrogens (tertiary/aromatic N) is 2. The maximum Gasteiger partial charge on any atom is 0.123 e. The monoisotopic (exact) mass is 380 g/mol. The molecule has 0 unspecified atom stereocenters. The van der Waals surface area contributed by atoms with Crippen LogP contribution in [-0.4, -0.2) is 18.2 Å². The minimum Gasteiger partial charge on any atom is -0.357 e. The summed E-state index contributed by atoms with van der Waals surface area (Å²) in [6.07, 6.45) is 13.8. The Hall–Kier alpha value is -1.69. The Balaban J connectivity index is 0.00000147. The number of fused-ring (bicyclic) bond motifs is 1. The number of benzene rings is 1. The Labute approximate surface area is 134 Å². The lowest BCUT2D eigenvalue weighted by atomic mass is 10.1. The molecule has 0 amide bonds. The molecular formula is C16H14FIN2. The van der Waals surface area contributed by atoms with Gasteiger partial charge in [-0.1, -0.05) is 12.2 Å². The van der Waals surface area contributed by atoms with Gasteiger partial charge in [0.2, 0.25) is 0 Å². The highest BCUT2D eigenvalue weighted by molar-refractivity contribution is 14.0. The van der Waals surface area contributed by atoms with Gasteiger partial charge in [0.25, 0.3) is 0 Å². The van der Waals surface area contributed by atoms with Crippen LogP contribution >= 0.6 is 24.0 Å². The van der Waals surface area contributed by atoms with Crippen LogP contribution in [0.3, 0.4) is 0 Å². The molecule has 20 heavy (non-hydrogen) atoms. The second-order valence-corrected chi connectivity index (χ2v) is 4.51. The molecule has 3 rings (SSSR count). The predicted octanol–water partition coefficient (Wildman–Crippen LogP) is 4.44. The lowest BCUT2D eigenvalue weighted by molar-refractivity contribution is 0.620. The average molecular weight is 380 g/mol. The highest BCUT2D eigenvalue weighted by atomic mass is 127. The highest BCUT2D eigenvalue weighted by Crippen LogP contribution is 2.31. The van der Waals surface area contributed by atoms with Gasteiger partial charge in [0.05, 0.1) is 5.69 Å². The third kappa shape index (κ3) is 3.07. The van der Waals surface area contributed by atoms with Crippen LogP contribution in [0.15, 0.2) is 65.5 Å². The summed E-state index contributed by atoms with van der Waals surface area (Å²) in [7, 11) is 1.98. The average Bonchev–Trinajstić information content (AvgIpc) is 2.80. The lowest BCUT2D eigenvalue weighted by Crippen LogP contribution is -2.02. The minimum absolute atomic E-state index is 0. The van der Waals surface area contributed by atoms with Gasteiger partial charge < -0.3 is 4.90 Å². The number of rotatable bonds is 1. The van der Waals surface area contributed by atoms with Gasteiger partial charge in [0, 0.05) is 36.8 Å². The van der Waals surface area contributed by atoms with Crippen molar-refractivity contribution in [3.8, 4) is 0 Å².